The van der Waals surface area contributed by atoms with Crippen LogP contribution < -0.4 is 9.47 Å². The zero-order valence-electron chi connectivity index (χ0n) is 16.2. The number of ketones is 1. The van der Waals surface area contributed by atoms with Crippen molar-refractivity contribution in [2.45, 2.75) is 51.3 Å². The molecule has 0 radical (unpaired) electrons. The van der Waals surface area contributed by atoms with Crippen LogP contribution in [-0.2, 0) is 9.53 Å². The molecular weight excluding hydrogens is 409 g/mol. The monoisotopic (exact) mass is 432 g/mol. The Labute approximate surface area is 170 Å². The number of carbonyl (C=O) groups excluding carboxylic acids is 1. The number of thiazole rings is 1. The van der Waals surface area contributed by atoms with Crippen molar-refractivity contribution in [2.24, 2.45) is 5.92 Å². The summed E-state index contributed by atoms with van der Waals surface area (Å²) in [4.78, 5) is 19.8. The molecule has 0 aromatic carbocycles. The zero-order valence-corrected chi connectivity index (χ0v) is 17.0. The lowest BCUT2D eigenvalue weighted by atomic mass is 9.79. The van der Waals surface area contributed by atoms with Gasteiger partial charge in [-0.15, -0.1) is 0 Å². The second-order valence-electron chi connectivity index (χ2n) is 7.47. The molecular formula is C19H23F3N2O4S. The highest BCUT2D eigenvalue weighted by atomic mass is 32.1. The number of ether oxygens (including phenoxy) is 3. The lowest BCUT2D eigenvalue weighted by Crippen LogP contribution is -2.49. The Bertz CT molecular complexity index is 842. The Morgan fingerprint density at radius 3 is 2.72 bits per heavy atom. The summed E-state index contributed by atoms with van der Waals surface area (Å²) in [6.45, 7) is 3.02. The van der Waals surface area contributed by atoms with Crippen LogP contribution in [0.4, 0.5) is 13.2 Å². The molecule has 2 heterocycles. The Balaban J connectivity index is 1.45. The van der Waals surface area contributed by atoms with Crippen LogP contribution in [-0.4, -0.2) is 53.8 Å². The summed E-state index contributed by atoms with van der Waals surface area (Å²) in [5.74, 6) is 0.461. The molecule has 160 valence electrons. The predicted molar refractivity (Wildman–Crippen MR) is 102 cm³/mol. The first-order valence-electron chi connectivity index (χ1n) is 9.34. The number of nitrogens with zero attached hydrogens (tertiary/aromatic N) is 2. The van der Waals surface area contributed by atoms with Gasteiger partial charge in [-0.1, -0.05) is 18.3 Å². The van der Waals surface area contributed by atoms with Crippen molar-refractivity contribution in [3.63, 3.8) is 0 Å². The normalized spacial score (nSPS) is 22.5. The molecule has 1 atom stereocenters. The SMILES string of the molecule is CC(=O)C[C@@H](C)COC1CC(F)(COc2ccc3nc(OCC(F)F)sc3n2)C1. The van der Waals surface area contributed by atoms with Crippen LogP contribution in [0.5, 0.6) is 11.1 Å². The maximum atomic E-state index is 14.7. The fourth-order valence-electron chi connectivity index (χ4n) is 3.10. The van der Waals surface area contributed by atoms with Crippen LogP contribution in [0.15, 0.2) is 12.1 Å². The van der Waals surface area contributed by atoms with Gasteiger partial charge < -0.3 is 19.0 Å². The largest absolute Gasteiger partial charge is 0.474 e. The lowest BCUT2D eigenvalue weighted by molar-refractivity contribution is -0.125. The summed E-state index contributed by atoms with van der Waals surface area (Å²) in [5, 5.41) is 0.102. The molecule has 2 aromatic heterocycles. The second-order valence-corrected chi connectivity index (χ2v) is 8.41. The number of hydrogen-bond acceptors (Lipinski definition) is 7. The Morgan fingerprint density at radius 1 is 1.28 bits per heavy atom. The van der Waals surface area contributed by atoms with Gasteiger partial charge in [0.1, 0.15) is 23.6 Å². The summed E-state index contributed by atoms with van der Waals surface area (Å²) < 4.78 is 55.1. The molecule has 0 spiro atoms. The van der Waals surface area contributed by atoms with E-state index in [1.54, 1.807) is 19.1 Å². The van der Waals surface area contributed by atoms with Crippen LogP contribution in [0.3, 0.4) is 0 Å². The molecule has 0 N–H and O–H groups in total. The van der Waals surface area contributed by atoms with E-state index >= 15 is 0 Å². The summed E-state index contributed by atoms with van der Waals surface area (Å²) in [6.07, 6.45) is -1.84. The van der Waals surface area contributed by atoms with Crippen molar-refractivity contribution in [3.8, 4) is 11.1 Å². The van der Waals surface area contributed by atoms with Crippen molar-refractivity contribution in [2.75, 3.05) is 19.8 Å². The van der Waals surface area contributed by atoms with E-state index in [0.29, 0.717) is 23.4 Å². The second kappa shape index (κ2) is 9.25. The number of hydrogen-bond donors (Lipinski definition) is 0. The van der Waals surface area contributed by atoms with Gasteiger partial charge >= 0.3 is 0 Å². The highest BCUT2D eigenvalue weighted by Crippen LogP contribution is 2.39. The molecule has 0 aliphatic heterocycles. The Morgan fingerprint density at radius 2 is 2.03 bits per heavy atom. The van der Waals surface area contributed by atoms with Gasteiger partial charge in [0, 0.05) is 31.9 Å². The number of aromatic nitrogens is 2. The van der Waals surface area contributed by atoms with E-state index < -0.39 is 18.7 Å². The molecule has 0 amide bonds. The lowest BCUT2D eigenvalue weighted by Gasteiger charge is -2.40. The predicted octanol–water partition coefficient (Wildman–Crippen LogP) is 4.22. The van der Waals surface area contributed by atoms with Gasteiger partial charge in [-0.3, -0.25) is 0 Å². The quantitative estimate of drug-likeness (QED) is 0.530. The highest BCUT2D eigenvalue weighted by molar-refractivity contribution is 7.19. The molecule has 10 heteroatoms. The Hall–Kier alpha value is -1.94. The first-order chi connectivity index (χ1) is 13.7. The molecule has 3 rings (SSSR count). The first-order valence-corrected chi connectivity index (χ1v) is 10.2. The number of Topliss-reactive ketones (excluding diaryl/α,β-unsaturated/α-hetero) is 1. The third kappa shape index (κ3) is 6.27. The van der Waals surface area contributed by atoms with Gasteiger partial charge in [-0.05, 0) is 18.9 Å². The van der Waals surface area contributed by atoms with Gasteiger partial charge in [0.15, 0.2) is 11.4 Å². The van der Waals surface area contributed by atoms with Gasteiger partial charge in [0.25, 0.3) is 11.6 Å². The summed E-state index contributed by atoms with van der Waals surface area (Å²) in [6, 6.07) is 3.18. The minimum absolute atomic E-state index is 0.102. The molecule has 0 bridgehead atoms. The maximum absolute atomic E-state index is 14.7. The van der Waals surface area contributed by atoms with E-state index in [-0.39, 0.29) is 48.3 Å². The van der Waals surface area contributed by atoms with E-state index in [4.69, 9.17) is 14.2 Å². The van der Waals surface area contributed by atoms with E-state index in [9.17, 15) is 18.0 Å². The van der Waals surface area contributed by atoms with Gasteiger partial charge in [-0.2, -0.15) is 0 Å². The molecule has 1 aliphatic carbocycles. The minimum Gasteiger partial charge on any atom is -0.474 e. The molecule has 1 saturated carbocycles. The summed E-state index contributed by atoms with van der Waals surface area (Å²) >= 11 is 1.02. The van der Waals surface area contributed by atoms with E-state index in [1.165, 1.54) is 0 Å². The van der Waals surface area contributed by atoms with Crippen molar-refractivity contribution in [1.29, 1.82) is 0 Å². The molecule has 2 aromatic rings. The standard InChI is InChI=1S/C19H23F3N2O4S/c1-11(5-12(2)25)8-26-13-6-19(22,7-13)10-28-16-4-3-14-17(24-16)29-18(23-14)27-9-15(20)21/h3-4,11,13,15H,5-10H2,1-2H3/t11-,13?,19?/m1/s1. The number of halogens is 3. The van der Waals surface area contributed by atoms with E-state index in [0.717, 1.165) is 11.3 Å². The molecule has 6 nitrogen and oxygen atoms in total. The molecule has 1 fully saturated rings. The topological polar surface area (TPSA) is 70.5 Å². The average Bonchev–Trinajstić information content (AvgIpc) is 3.02. The van der Waals surface area contributed by atoms with Crippen LogP contribution in [0, 0.1) is 5.92 Å². The third-order valence-corrected chi connectivity index (χ3v) is 5.34. The van der Waals surface area contributed by atoms with E-state index in [2.05, 4.69) is 9.97 Å². The van der Waals surface area contributed by atoms with E-state index in [1.807, 2.05) is 6.92 Å². The van der Waals surface area contributed by atoms with Crippen molar-refractivity contribution in [1.82, 2.24) is 9.97 Å². The van der Waals surface area contributed by atoms with Crippen molar-refractivity contribution >= 4 is 27.5 Å². The smallest absolute Gasteiger partial charge is 0.276 e. The van der Waals surface area contributed by atoms with Crippen molar-refractivity contribution in [3.05, 3.63) is 12.1 Å². The number of pyridine rings is 1. The fraction of sp³-hybridized carbons (Fsp3) is 0.632. The number of carbonyl (C=O) groups is 1. The summed E-state index contributed by atoms with van der Waals surface area (Å²) in [7, 11) is 0. The van der Waals surface area contributed by atoms with Gasteiger partial charge in [0.2, 0.25) is 5.88 Å². The van der Waals surface area contributed by atoms with Crippen LogP contribution >= 0.6 is 11.3 Å². The number of rotatable bonds is 11. The summed E-state index contributed by atoms with van der Waals surface area (Å²) in [5.41, 5.74) is -0.983. The molecule has 1 aliphatic rings. The van der Waals surface area contributed by atoms with Gasteiger partial charge in [0.05, 0.1) is 6.10 Å². The average molecular weight is 432 g/mol. The van der Waals surface area contributed by atoms with Crippen LogP contribution in [0.2, 0.25) is 0 Å². The number of fused-ring (bicyclic) bond motifs is 1. The third-order valence-electron chi connectivity index (χ3n) is 4.46. The molecule has 0 saturated heterocycles. The zero-order chi connectivity index (χ0) is 21.0. The molecule has 0 unspecified atom stereocenters. The minimum atomic E-state index is -2.58. The number of alkyl halides is 3. The van der Waals surface area contributed by atoms with Crippen LogP contribution in [0.25, 0.3) is 10.3 Å². The van der Waals surface area contributed by atoms with Crippen LogP contribution in [0.1, 0.15) is 33.1 Å². The Kier molecular flexibility index (Phi) is 6.94. The fourth-order valence-corrected chi connectivity index (χ4v) is 3.89. The van der Waals surface area contributed by atoms with Crippen molar-refractivity contribution < 1.29 is 32.2 Å². The maximum Gasteiger partial charge on any atom is 0.276 e. The van der Waals surface area contributed by atoms with Gasteiger partial charge in [-0.25, -0.2) is 23.1 Å². The highest BCUT2D eigenvalue weighted by Gasteiger charge is 2.46. The molecule has 29 heavy (non-hydrogen) atoms. The first kappa shape index (κ1) is 21.8.